The molecule has 2 rings (SSSR count). The lowest BCUT2D eigenvalue weighted by Crippen LogP contribution is -2.41. The highest BCUT2D eigenvalue weighted by Gasteiger charge is 2.33. The third-order valence-electron chi connectivity index (χ3n) is 3.02. The van der Waals surface area contributed by atoms with E-state index in [4.69, 9.17) is 5.73 Å². The first-order chi connectivity index (χ1) is 8.85. The van der Waals surface area contributed by atoms with E-state index >= 15 is 0 Å². The van der Waals surface area contributed by atoms with Crippen molar-refractivity contribution in [2.75, 3.05) is 6.54 Å². The van der Waals surface area contributed by atoms with Gasteiger partial charge in [-0.25, -0.2) is 26.3 Å². The van der Waals surface area contributed by atoms with Crippen molar-refractivity contribution in [3.63, 3.8) is 0 Å². The zero-order valence-corrected chi connectivity index (χ0v) is 10.7. The number of nitrogens with one attached hydrogen (secondary N) is 1. The Kier molecular flexibility index (Phi) is 3.84. The Bertz CT molecular complexity index is 565. The second kappa shape index (κ2) is 5.10. The second-order valence-corrected chi connectivity index (χ2v) is 6.22. The first kappa shape index (κ1) is 14.3. The summed E-state index contributed by atoms with van der Waals surface area (Å²) in [6, 6.07) is 0.420. The maximum Gasteiger partial charge on any atom is 0.241 e. The van der Waals surface area contributed by atoms with Gasteiger partial charge in [0.25, 0.3) is 0 Å². The first-order valence-corrected chi connectivity index (χ1v) is 7.20. The molecule has 1 aliphatic carbocycles. The SMILES string of the molecule is NC[C@@H](NS(=O)(=O)c1cc(F)c(F)c(F)c1)C1CC1. The van der Waals surface area contributed by atoms with Crippen LogP contribution in [0.1, 0.15) is 12.8 Å². The van der Waals surface area contributed by atoms with E-state index in [1.54, 1.807) is 0 Å². The van der Waals surface area contributed by atoms with Gasteiger partial charge in [0.15, 0.2) is 17.5 Å². The highest BCUT2D eigenvalue weighted by molar-refractivity contribution is 7.89. The Morgan fingerprint density at radius 3 is 2.21 bits per heavy atom. The van der Waals surface area contributed by atoms with Gasteiger partial charge >= 0.3 is 0 Å². The Labute approximate surface area is 108 Å². The van der Waals surface area contributed by atoms with E-state index in [2.05, 4.69) is 4.72 Å². The van der Waals surface area contributed by atoms with E-state index < -0.39 is 38.4 Å². The number of sulfonamides is 1. The van der Waals surface area contributed by atoms with Crippen molar-refractivity contribution in [2.45, 2.75) is 23.8 Å². The molecule has 1 aliphatic rings. The lowest BCUT2D eigenvalue weighted by Gasteiger charge is -2.16. The average Bonchev–Trinajstić information content (AvgIpc) is 3.16. The van der Waals surface area contributed by atoms with E-state index in [0.717, 1.165) is 12.8 Å². The normalized spacial score (nSPS) is 17.5. The quantitative estimate of drug-likeness (QED) is 0.799. The zero-order chi connectivity index (χ0) is 14.2. The average molecular weight is 294 g/mol. The summed E-state index contributed by atoms with van der Waals surface area (Å²) in [6.07, 6.45) is 1.72. The molecule has 0 radical (unpaired) electrons. The monoisotopic (exact) mass is 294 g/mol. The minimum atomic E-state index is -4.12. The molecule has 0 heterocycles. The molecule has 3 N–H and O–H groups in total. The van der Waals surface area contributed by atoms with Crippen molar-refractivity contribution in [2.24, 2.45) is 11.7 Å². The molecule has 1 fully saturated rings. The maximum absolute atomic E-state index is 13.0. The van der Waals surface area contributed by atoms with E-state index in [-0.39, 0.29) is 12.5 Å². The van der Waals surface area contributed by atoms with Crippen molar-refractivity contribution < 1.29 is 21.6 Å². The minimum Gasteiger partial charge on any atom is -0.329 e. The van der Waals surface area contributed by atoms with Crippen molar-refractivity contribution in [3.8, 4) is 0 Å². The van der Waals surface area contributed by atoms with Crippen LogP contribution in [0.15, 0.2) is 17.0 Å². The Hall–Kier alpha value is -1.12. The molecular weight excluding hydrogens is 281 g/mol. The third-order valence-corrected chi connectivity index (χ3v) is 4.49. The lowest BCUT2D eigenvalue weighted by atomic mass is 10.2. The van der Waals surface area contributed by atoms with Crippen LogP contribution in [0.5, 0.6) is 0 Å². The standard InChI is InChI=1S/C11H13F3N2O2S/c12-8-3-7(4-9(13)11(8)14)19(17,18)16-10(5-15)6-1-2-6/h3-4,6,10,16H,1-2,5,15H2/t10-/m1/s1. The molecule has 106 valence electrons. The van der Waals surface area contributed by atoms with Crippen LogP contribution in [0.4, 0.5) is 13.2 Å². The van der Waals surface area contributed by atoms with Gasteiger partial charge in [0.2, 0.25) is 10.0 Å². The fraction of sp³-hybridized carbons (Fsp3) is 0.455. The fourth-order valence-electron chi connectivity index (χ4n) is 1.79. The van der Waals surface area contributed by atoms with E-state index in [0.29, 0.717) is 12.1 Å². The summed E-state index contributed by atoms with van der Waals surface area (Å²) in [6.45, 7) is 0.0933. The van der Waals surface area contributed by atoms with Gasteiger partial charge in [-0.3, -0.25) is 0 Å². The maximum atomic E-state index is 13.0. The van der Waals surface area contributed by atoms with Crippen LogP contribution in [0.25, 0.3) is 0 Å². The molecule has 0 aliphatic heterocycles. The van der Waals surface area contributed by atoms with Gasteiger partial charge in [-0.1, -0.05) is 0 Å². The van der Waals surface area contributed by atoms with Gasteiger partial charge in [0, 0.05) is 12.6 Å². The van der Waals surface area contributed by atoms with Crippen LogP contribution >= 0.6 is 0 Å². The molecule has 1 aromatic rings. The van der Waals surface area contributed by atoms with Crippen molar-refractivity contribution in [3.05, 3.63) is 29.6 Å². The minimum absolute atomic E-state index is 0.0933. The largest absolute Gasteiger partial charge is 0.329 e. The molecule has 1 aromatic carbocycles. The van der Waals surface area contributed by atoms with Crippen LogP contribution < -0.4 is 10.5 Å². The van der Waals surface area contributed by atoms with Crippen LogP contribution in [0, 0.1) is 23.4 Å². The summed E-state index contributed by atoms with van der Waals surface area (Å²) in [5.74, 6) is -4.64. The predicted octanol–water partition coefficient (Wildman–Crippen LogP) is 1.12. The van der Waals surface area contributed by atoms with Crippen LogP contribution in [0.3, 0.4) is 0 Å². The van der Waals surface area contributed by atoms with Gasteiger partial charge in [0.1, 0.15) is 0 Å². The summed E-state index contributed by atoms with van der Waals surface area (Å²) >= 11 is 0. The van der Waals surface area contributed by atoms with Crippen molar-refractivity contribution in [1.82, 2.24) is 4.72 Å². The molecular formula is C11H13F3N2O2S. The van der Waals surface area contributed by atoms with Crippen molar-refractivity contribution >= 4 is 10.0 Å². The Morgan fingerprint density at radius 2 is 1.79 bits per heavy atom. The van der Waals surface area contributed by atoms with Gasteiger partial charge in [0.05, 0.1) is 4.90 Å². The van der Waals surface area contributed by atoms with Crippen LogP contribution in [-0.4, -0.2) is 21.0 Å². The number of hydrogen-bond acceptors (Lipinski definition) is 3. The Morgan fingerprint density at radius 1 is 1.26 bits per heavy atom. The smallest absolute Gasteiger partial charge is 0.241 e. The number of hydrogen-bond donors (Lipinski definition) is 2. The highest BCUT2D eigenvalue weighted by Crippen LogP contribution is 2.33. The highest BCUT2D eigenvalue weighted by atomic mass is 32.2. The predicted molar refractivity (Wildman–Crippen MR) is 62.2 cm³/mol. The molecule has 8 heteroatoms. The topological polar surface area (TPSA) is 72.2 Å². The summed E-state index contributed by atoms with van der Waals surface area (Å²) in [4.78, 5) is -0.650. The van der Waals surface area contributed by atoms with Gasteiger partial charge < -0.3 is 5.73 Å². The number of rotatable bonds is 5. The van der Waals surface area contributed by atoms with Gasteiger partial charge in [-0.15, -0.1) is 0 Å². The number of benzene rings is 1. The molecule has 0 unspecified atom stereocenters. The molecule has 1 saturated carbocycles. The summed E-state index contributed by atoms with van der Waals surface area (Å²) < 4.78 is 65.0. The molecule has 0 amide bonds. The van der Waals surface area contributed by atoms with Crippen molar-refractivity contribution in [1.29, 1.82) is 0 Å². The lowest BCUT2D eigenvalue weighted by molar-refractivity contribution is 0.441. The van der Waals surface area contributed by atoms with E-state index in [9.17, 15) is 21.6 Å². The summed E-state index contributed by atoms with van der Waals surface area (Å²) in [7, 11) is -4.12. The van der Waals surface area contributed by atoms with E-state index in [1.807, 2.05) is 0 Å². The third kappa shape index (κ3) is 3.07. The Balaban J connectivity index is 2.28. The molecule has 0 spiro atoms. The molecule has 19 heavy (non-hydrogen) atoms. The van der Waals surface area contributed by atoms with Gasteiger partial charge in [-0.05, 0) is 30.9 Å². The molecule has 0 aromatic heterocycles. The fourth-order valence-corrected chi connectivity index (χ4v) is 3.13. The first-order valence-electron chi connectivity index (χ1n) is 5.72. The van der Waals surface area contributed by atoms with Crippen LogP contribution in [-0.2, 0) is 10.0 Å². The van der Waals surface area contributed by atoms with Gasteiger partial charge in [-0.2, -0.15) is 0 Å². The molecule has 0 bridgehead atoms. The molecule has 1 atom stereocenters. The molecule has 0 saturated heterocycles. The number of halogens is 3. The summed E-state index contributed by atoms with van der Waals surface area (Å²) in [5.41, 5.74) is 5.45. The summed E-state index contributed by atoms with van der Waals surface area (Å²) in [5, 5.41) is 0. The van der Waals surface area contributed by atoms with E-state index in [1.165, 1.54) is 0 Å². The van der Waals surface area contributed by atoms with Crippen LogP contribution in [0.2, 0.25) is 0 Å². The zero-order valence-electron chi connectivity index (χ0n) is 9.87. The second-order valence-electron chi connectivity index (χ2n) is 4.50. The number of nitrogens with two attached hydrogens (primary N) is 1. The molecule has 4 nitrogen and oxygen atoms in total.